The zero-order valence-electron chi connectivity index (χ0n) is 13.7. The second-order valence-corrected chi connectivity index (χ2v) is 6.89. The van der Waals surface area contributed by atoms with Crippen LogP contribution in [0.5, 0.6) is 0 Å². The molecule has 2 aliphatic rings. The number of rotatable bonds is 1. The van der Waals surface area contributed by atoms with Crippen LogP contribution >= 0.6 is 36.4 Å². The quantitative estimate of drug-likeness (QED) is 0.707. The lowest BCUT2D eigenvalue weighted by Gasteiger charge is -2.47. The first-order valence-corrected chi connectivity index (χ1v) is 8.37. The summed E-state index contributed by atoms with van der Waals surface area (Å²) >= 11 is 6.62. The van der Waals surface area contributed by atoms with E-state index in [1.807, 2.05) is 6.07 Å². The second kappa shape index (κ2) is 8.07. The Morgan fingerprint density at radius 3 is 2.42 bits per heavy atom. The molecule has 0 spiro atoms. The highest BCUT2D eigenvalue weighted by atomic mass is 35.5. The van der Waals surface area contributed by atoms with Crippen LogP contribution < -0.4 is 0 Å². The van der Waals surface area contributed by atoms with Crippen molar-refractivity contribution in [3.63, 3.8) is 0 Å². The Bertz CT molecular complexity index is 678. The standard InChI is InChI=1S/C19H21ClN2.2ClH/c1-21-10-11-22-12-16(14-6-3-2-4-7-14)15-8-5-9-17(20)19(15)18(22)13-21;;/h2-9,16,18H,10-13H2,1H3;2*1H/t16-,18+;;/m1../s1. The molecule has 4 rings (SSSR count). The first-order valence-electron chi connectivity index (χ1n) is 8.00. The summed E-state index contributed by atoms with van der Waals surface area (Å²) in [6, 6.07) is 17.7. The number of piperazine rings is 1. The van der Waals surface area contributed by atoms with Crippen LogP contribution in [-0.4, -0.2) is 43.0 Å². The molecule has 0 N–H and O–H groups in total. The molecule has 24 heavy (non-hydrogen) atoms. The molecule has 2 aromatic carbocycles. The first kappa shape index (κ1) is 19.6. The number of hydrogen-bond donors (Lipinski definition) is 0. The highest BCUT2D eigenvalue weighted by molar-refractivity contribution is 6.31. The van der Waals surface area contributed by atoms with Gasteiger partial charge in [-0.15, -0.1) is 24.8 Å². The van der Waals surface area contributed by atoms with Gasteiger partial charge >= 0.3 is 0 Å². The predicted molar refractivity (Wildman–Crippen MR) is 106 cm³/mol. The maximum absolute atomic E-state index is 6.62. The van der Waals surface area contributed by atoms with Crippen molar-refractivity contribution in [3.05, 3.63) is 70.2 Å². The van der Waals surface area contributed by atoms with E-state index in [1.165, 1.54) is 16.7 Å². The lowest BCUT2D eigenvalue weighted by atomic mass is 9.80. The van der Waals surface area contributed by atoms with Gasteiger partial charge in [-0.25, -0.2) is 0 Å². The van der Waals surface area contributed by atoms with Gasteiger partial charge in [-0.05, 0) is 29.8 Å². The molecule has 2 aliphatic heterocycles. The number of nitrogens with zero attached hydrogens (tertiary/aromatic N) is 2. The second-order valence-electron chi connectivity index (χ2n) is 6.48. The third-order valence-corrected chi connectivity index (χ3v) is 5.44. The largest absolute Gasteiger partial charge is 0.303 e. The van der Waals surface area contributed by atoms with Gasteiger partial charge in [0.1, 0.15) is 0 Å². The third-order valence-electron chi connectivity index (χ3n) is 5.11. The minimum atomic E-state index is 0. The molecule has 0 radical (unpaired) electrons. The Morgan fingerprint density at radius 1 is 0.917 bits per heavy atom. The zero-order chi connectivity index (χ0) is 15.1. The zero-order valence-corrected chi connectivity index (χ0v) is 16.1. The Kier molecular flexibility index (Phi) is 6.58. The van der Waals surface area contributed by atoms with E-state index in [-0.39, 0.29) is 24.8 Å². The van der Waals surface area contributed by atoms with Crippen molar-refractivity contribution in [3.8, 4) is 0 Å². The van der Waals surface area contributed by atoms with Gasteiger partial charge < -0.3 is 4.90 Å². The van der Waals surface area contributed by atoms with Gasteiger partial charge in [-0.3, -0.25) is 4.90 Å². The highest BCUT2D eigenvalue weighted by Crippen LogP contribution is 2.43. The maximum atomic E-state index is 6.62. The van der Waals surface area contributed by atoms with Crippen molar-refractivity contribution in [1.82, 2.24) is 9.80 Å². The van der Waals surface area contributed by atoms with Crippen LogP contribution in [0.2, 0.25) is 5.02 Å². The van der Waals surface area contributed by atoms with Crippen molar-refractivity contribution < 1.29 is 0 Å². The highest BCUT2D eigenvalue weighted by Gasteiger charge is 2.37. The molecule has 2 atom stereocenters. The van der Waals surface area contributed by atoms with Gasteiger partial charge in [0.2, 0.25) is 0 Å². The van der Waals surface area contributed by atoms with Crippen LogP contribution in [0.1, 0.15) is 28.7 Å². The Morgan fingerprint density at radius 2 is 1.67 bits per heavy atom. The van der Waals surface area contributed by atoms with E-state index >= 15 is 0 Å². The summed E-state index contributed by atoms with van der Waals surface area (Å²) < 4.78 is 0. The fraction of sp³-hybridized carbons (Fsp3) is 0.368. The summed E-state index contributed by atoms with van der Waals surface area (Å²) in [6.07, 6.45) is 0. The van der Waals surface area contributed by atoms with E-state index in [0.29, 0.717) is 12.0 Å². The minimum absolute atomic E-state index is 0. The van der Waals surface area contributed by atoms with Crippen LogP contribution in [0.15, 0.2) is 48.5 Å². The normalized spacial score (nSPS) is 23.4. The first-order chi connectivity index (χ1) is 10.7. The molecule has 2 heterocycles. The lowest BCUT2D eigenvalue weighted by molar-refractivity contribution is 0.0773. The van der Waals surface area contributed by atoms with Crippen molar-refractivity contribution in [2.75, 3.05) is 33.2 Å². The van der Waals surface area contributed by atoms with Crippen LogP contribution in [0.3, 0.4) is 0 Å². The number of likely N-dealkylation sites (N-methyl/N-ethyl adjacent to an activating group) is 1. The number of fused-ring (bicyclic) bond motifs is 3. The van der Waals surface area contributed by atoms with Crippen molar-refractivity contribution >= 4 is 36.4 Å². The Hall–Kier alpha value is -0.770. The third kappa shape index (κ3) is 3.44. The van der Waals surface area contributed by atoms with Gasteiger partial charge in [0.05, 0.1) is 0 Å². The lowest BCUT2D eigenvalue weighted by Crippen LogP contribution is -2.50. The van der Waals surface area contributed by atoms with Crippen molar-refractivity contribution in [1.29, 1.82) is 0 Å². The van der Waals surface area contributed by atoms with E-state index < -0.39 is 0 Å². The van der Waals surface area contributed by atoms with Gasteiger partial charge in [-0.2, -0.15) is 0 Å². The molecule has 5 heteroatoms. The molecular formula is C19H23Cl3N2. The molecule has 2 nitrogen and oxygen atoms in total. The van der Waals surface area contributed by atoms with E-state index in [1.54, 1.807) is 0 Å². The van der Waals surface area contributed by atoms with Crippen molar-refractivity contribution in [2.24, 2.45) is 0 Å². The average molecular weight is 386 g/mol. The van der Waals surface area contributed by atoms with E-state index in [4.69, 9.17) is 11.6 Å². The molecule has 0 aliphatic carbocycles. The van der Waals surface area contributed by atoms with Crippen LogP contribution in [-0.2, 0) is 0 Å². The Labute approximate surface area is 161 Å². The summed E-state index contributed by atoms with van der Waals surface area (Å²) in [5.74, 6) is 0.426. The van der Waals surface area contributed by atoms with Crippen LogP contribution in [0.4, 0.5) is 0 Å². The molecule has 1 saturated heterocycles. The summed E-state index contributed by atoms with van der Waals surface area (Å²) in [7, 11) is 2.21. The molecular weight excluding hydrogens is 363 g/mol. The summed E-state index contributed by atoms with van der Waals surface area (Å²) in [5.41, 5.74) is 4.15. The average Bonchev–Trinajstić information content (AvgIpc) is 2.55. The number of halogens is 3. The fourth-order valence-corrected chi connectivity index (χ4v) is 4.27. The summed E-state index contributed by atoms with van der Waals surface area (Å²) in [5, 5.41) is 0.920. The SMILES string of the molecule is CN1CCN2C[C@H](c3ccccc3)c3cccc(Cl)c3[C@@H]2C1.Cl.Cl. The summed E-state index contributed by atoms with van der Waals surface area (Å²) in [4.78, 5) is 5.03. The van der Waals surface area contributed by atoms with E-state index in [9.17, 15) is 0 Å². The molecule has 1 fully saturated rings. The number of hydrogen-bond acceptors (Lipinski definition) is 2. The molecule has 0 unspecified atom stereocenters. The summed E-state index contributed by atoms with van der Waals surface area (Å²) in [6.45, 7) is 4.42. The van der Waals surface area contributed by atoms with Gasteiger partial charge in [0.15, 0.2) is 0 Å². The molecule has 2 aromatic rings. The van der Waals surface area contributed by atoms with Crippen LogP contribution in [0.25, 0.3) is 0 Å². The predicted octanol–water partition coefficient (Wildman–Crippen LogP) is 4.62. The maximum Gasteiger partial charge on any atom is 0.0493 e. The minimum Gasteiger partial charge on any atom is -0.303 e. The molecule has 130 valence electrons. The smallest absolute Gasteiger partial charge is 0.0493 e. The van der Waals surface area contributed by atoms with E-state index in [0.717, 1.165) is 31.2 Å². The van der Waals surface area contributed by atoms with Crippen molar-refractivity contribution in [2.45, 2.75) is 12.0 Å². The van der Waals surface area contributed by atoms with Gasteiger partial charge in [-0.1, -0.05) is 54.1 Å². The van der Waals surface area contributed by atoms with Gasteiger partial charge in [0, 0.05) is 43.2 Å². The molecule has 0 amide bonds. The monoisotopic (exact) mass is 384 g/mol. The Balaban J connectivity index is 0.00000104. The number of benzene rings is 2. The van der Waals surface area contributed by atoms with E-state index in [2.05, 4.69) is 59.3 Å². The molecule has 0 bridgehead atoms. The van der Waals surface area contributed by atoms with Gasteiger partial charge in [0.25, 0.3) is 0 Å². The fourth-order valence-electron chi connectivity index (χ4n) is 3.96. The molecule has 0 aromatic heterocycles. The van der Waals surface area contributed by atoms with Crippen LogP contribution in [0, 0.1) is 0 Å². The molecule has 0 saturated carbocycles. The topological polar surface area (TPSA) is 6.48 Å².